The van der Waals surface area contributed by atoms with Crippen LogP contribution in [0.1, 0.15) is 42.0 Å². The zero-order valence-electron chi connectivity index (χ0n) is 26.2. The molecule has 0 aliphatic rings. The average molecular weight is 681 g/mol. The molecule has 1 N–H and O–H groups in total. The Hall–Kier alpha value is -3.85. The van der Waals surface area contributed by atoms with Crippen molar-refractivity contribution in [3.05, 3.63) is 129 Å². The second kappa shape index (κ2) is 16.1. The van der Waals surface area contributed by atoms with Crippen molar-refractivity contribution < 1.29 is 18.0 Å². The molecule has 0 heterocycles. The van der Waals surface area contributed by atoms with Crippen molar-refractivity contribution in [2.24, 2.45) is 0 Å². The SMILES string of the molecule is CCCCNC(=O)[C@@H](Cc1ccccc1)N(Cc1ccc(Cl)c(Cl)c1)C(=O)CN(c1ccc(C)cc1)S(=O)(=O)c1ccc(C)cc1. The summed E-state index contributed by atoms with van der Waals surface area (Å²) in [6.07, 6.45) is 1.89. The van der Waals surface area contributed by atoms with E-state index in [1.54, 1.807) is 54.6 Å². The van der Waals surface area contributed by atoms with Crippen molar-refractivity contribution in [3.8, 4) is 0 Å². The summed E-state index contributed by atoms with van der Waals surface area (Å²) in [5.41, 5.74) is 3.68. The number of halogens is 2. The lowest BCUT2D eigenvalue weighted by atomic mass is 10.0. The van der Waals surface area contributed by atoms with Gasteiger partial charge in [-0.3, -0.25) is 13.9 Å². The first-order valence-corrected chi connectivity index (χ1v) is 17.4. The van der Waals surface area contributed by atoms with Crippen molar-refractivity contribution in [2.75, 3.05) is 17.4 Å². The third kappa shape index (κ3) is 9.12. The van der Waals surface area contributed by atoms with Gasteiger partial charge in [-0.2, -0.15) is 0 Å². The van der Waals surface area contributed by atoms with Gasteiger partial charge in [0.15, 0.2) is 0 Å². The van der Waals surface area contributed by atoms with Crippen LogP contribution in [-0.2, 0) is 32.6 Å². The van der Waals surface area contributed by atoms with E-state index in [-0.39, 0.29) is 23.8 Å². The number of aryl methyl sites for hydroxylation is 2. The summed E-state index contributed by atoms with van der Waals surface area (Å²) >= 11 is 12.5. The second-order valence-electron chi connectivity index (χ2n) is 11.3. The van der Waals surface area contributed by atoms with Crippen molar-refractivity contribution >= 4 is 50.7 Å². The maximum atomic E-state index is 14.5. The molecule has 0 fully saturated rings. The highest BCUT2D eigenvalue weighted by molar-refractivity contribution is 7.92. The minimum absolute atomic E-state index is 0.000732. The van der Waals surface area contributed by atoms with Crippen LogP contribution in [0.5, 0.6) is 0 Å². The van der Waals surface area contributed by atoms with Gasteiger partial charge in [0, 0.05) is 19.5 Å². The van der Waals surface area contributed by atoms with E-state index >= 15 is 0 Å². The lowest BCUT2D eigenvalue weighted by Gasteiger charge is -2.34. The van der Waals surface area contributed by atoms with Crippen LogP contribution < -0.4 is 9.62 Å². The van der Waals surface area contributed by atoms with E-state index in [1.165, 1.54) is 17.0 Å². The molecule has 4 rings (SSSR count). The number of anilines is 1. The molecule has 0 spiro atoms. The topological polar surface area (TPSA) is 86.8 Å². The first-order valence-electron chi connectivity index (χ1n) is 15.2. The second-order valence-corrected chi connectivity index (χ2v) is 14.0. The zero-order valence-corrected chi connectivity index (χ0v) is 28.6. The highest BCUT2D eigenvalue weighted by Gasteiger charge is 2.34. The molecule has 0 saturated carbocycles. The summed E-state index contributed by atoms with van der Waals surface area (Å²) in [7, 11) is -4.17. The Morgan fingerprint density at radius 3 is 2.04 bits per heavy atom. The third-order valence-electron chi connectivity index (χ3n) is 7.65. The predicted molar refractivity (Wildman–Crippen MR) is 186 cm³/mol. The normalized spacial score (nSPS) is 11.9. The summed E-state index contributed by atoms with van der Waals surface area (Å²) < 4.78 is 29.4. The fraction of sp³-hybridized carbons (Fsp3) is 0.278. The van der Waals surface area contributed by atoms with E-state index in [2.05, 4.69) is 5.32 Å². The van der Waals surface area contributed by atoms with Gasteiger partial charge in [-0.15, -0.1) is 0 Å². The molecule has 46 heavy (non-hydrogen) atoms. The number of hydrogen-bond donors (Lipinski definition) is 1. The van der Waals surface area contributed by atoms with Gasteiger partial charge in [-0.1, -0.05) is 108 Å². The number of unbranched alkanes of at least 4 members (excludes halogenated alkanes) is 1. The number of carbonyl (C=O) groups excluding carboxylic acids is 2. The largest absolute Gasteiger partial charge is 0.354 e. The van der Waals surface area contributed by atoms with Gasteiger partial charge in [0.1, 0.15) is 12.6 Å². The monoisotopic (exact) mass is 679 g/mol. The number of amides is 2. The number of hydrogen-bond acceptors (Lipinski definition) is 4. The number of sulfonamides is 1. The van der Waals surface area contributed by atoms with Crippen LogP contribution in [0.4, 0.5) is 5.69 Å². The molecule has 0 aliphatic heterocycles. The molecular formula is C36H39Cl2N3O4S. The summed E-state index contributed by atoms with van der Waals surface area (Å²) in [6, 6.07) is 27.0. The molecule has 4 aromatic carbocycles. The van der Waals surface area contributed by atoms with E-state index in [0.29, 0.717) is 27.8 Å². The van der Waals surface area contributed by atoms with Crippen LogP contribution >= 0.6 is 23.2 Å². The first kappa shape index (κ1) is 35.0. The fourth-order valence-electron chi connectivity index (χ4n) is 4.97. The number of nitrogens with zero attached hydrogens (tertiary/aromatic N) is 2. The molecule has 0 unspecified atom stereocenters. The Morgan fingerprint density at radius 1 is 0.804 bits per heavy atom. The maximum absolute atomic E-state index is 14.5. The van der Waals surface area contributed by atoms with E-state index in [1.807, 2.05) is 51.1 Å². The molecule has 0 bridgehead atoms. The Bertz CT molecular complexity index is 1730. The van der Waals surface area contributed by atoms with Crippen molar-refractivity contribution in [3.63, 3.8) is 0 Å². The van der Waals surface area contributed by atoms with Gasteiger partial charge in [-0.25, -0.2) is 8.42 Å². The molecule has 1 atom stereocenters. The Kier molecular flexibility index (Phi) is 12.3. The average Bonchev–Trinajstić information content (AvgIpc) is 3.04. The molecule has 4 aromatic rings. The standard InChI is InChI=1S/C36H39Cl2N3O4S/c1-4-5-21-39-36(43)34(23-28-9-7-6-8-10-28)40(24-29-15-20-32(37)33(38)22-29)35(42)25-41(30-16-11-26(2)12-17-30)46(44,45)31-18-13-27(3)14-19-31/h6-20,22,34H,4-5,21,23-25H2,1-3H3,(H,39,43)/t34-/m1/s1. The molecule has 7 nitrogen and oxygen atoms in total. The Labute approximate surface area is 282 Å². The predicted octanol–water partition coefficient (Wildman–Crippen LogP) is 7.36. The van der Waals surface area contributed by atoms with Gasteiger partial charge in [0.25, 0.3) is 10.0 Å². The molecule has 2 amide bonds. The molecule has 0 aliphatic carbocycles. The maximum Gasteiger partial charge on any atom is 0.264 e. The van der Waals surface area contributed by atoms with Gasteiger partial charge in [0.2, 0.25) is 11.8 Å². The van der Waals surface area contributed by atoms with Crippen LogP contribution in [0.3, 0.4) is 0 Å². The quantitative estimate of drug-likeness (QED) is 0.141. The molecule has 242 valence electrons. The molecule has 0 aromatic heterocycles. The van der Waals surface area contributed by atoms with Crippen molar-refractivity contribution in [2.45, 2.75) is 57.5 Å². The minimum Gasteiger partial charge on any atom is -0.354 e. The van der Waals surface area contributed by atoms with E-state index < -0.39 is 28.5 Å². The summed E-state index contributed by atoms with van der Waals surface area (Å²) in [6.45, 7) is 5.72. The van der Waals surface area contributed by atoms with Crippen LogP contribution in [0.2, 0.25) is 10.0 Å². The van der Waals surface area contributed by atoms with Crippen molar-refractivity contribution in [1.82, 2.24) is 10.2 Å². The number of nitrogens with one attached hydrogen (secondary N) is 1. The first-order chi connectivity index (χ1) is 22.0. The van der Waals surface area contributed by atoms with Crippen molar-refractivity contribution in [1.29, 1.82) is 0 Å². The number of benzene rings is 4. The fourth-order valence-corrected chi connectivity index (χ4v) is 6.71. The van der Waals surface area contributed by atoms with Gasteiger partial charge in [0.05, 0.1) is 20.6 Å². The van der Waals surface area contributed by atoms with E-state index in [0.717, 1.165) is 33.8 Å². The molecule has 0 saturated heterocycles. The highest BCUT2D eigenvalue weighted by Crippen LogP contribution is 2.27. The summed E-state index contributed by atoms with van der Waals surface area (Å²) in [5.74, 6) is -0.872. The molecular weight excluding hydrogens is 641 g/mol. The van der Waals surface area contributed by atoms with Gasteiger partial charge < -0.3 is 10.2 Å². The highest BCUT2D eigenvalue weighted by atomic mass is 35.5. The Morgan fingerprint density at radius 2 is 1.43 bits per heavy atom. The van der Waals surface area contributed by atoms with Gasteiger partial charge >= 0.3 is 0 Å². The lowest BCUT2D eigenvalue weighted by Crippen LogP contribution is -2.53. The number of carbonyl (C=O) groups is 2. The Balaban J connectivity index is 1.80. The van der Waals surface area contributed by atoms with Crippen LogP contribution in [0.15, 0.2) is 102 Å². The zero-order chi connectivity index (χ0) is 33.3. The lowest BCUT2D eigenvalue weighted by molar-refractivity contribution is -0.140. The summed E-state index contributed by atoms with van der Waals surface area (Å²) in [5, 5.41) is 3.65. The molecule has 0 radical (unpaired) electrons. The summed E-state index contributed by atoms with van der Waals surface area (Å²) in [4.78, 5) is 29.9. The van der Waals surface area contributed by atoms with Crippen LogP contribution in [0.25, 0.3) is 0 Å². The van der Waals surface area contributed by atoms with Gasteiger partial charge in [-0.05, 0) is 67.8 Å². The number of rotatable bonds is 14. The minimum atomic E-state index is -4.17. The third-order valence-corrected chi connectivity index (χ3v) is 10.2. The van der Waals surface area contributed by atoms with Crippen LogP contribution in [-0.4, -0.2) is 44.3 Å². The smallest absolute Gasteiger partial charge is 0.264 e. The van der Waals surface area contributed by atoms with E-state index in [4.69, 9.17) is 23.2 Å². The van der Waals surface area contributed by atoms with E-state index in [9.17, 15) is 18.0 Å². The van der Waals surface area contributed by atoms with Crippen LogP contribution in [0, 0.1) is 13.8 Å². The molecule has 10 heteroatoms.